The minimum Gasteiger partial charge on any atom is -0.383 e. The molecule has 0 radical (unpaired) electrons. The smallest absolute Gasteiger partial charge is 0.383 e. The molecule has 2 N–H and O–H groups in total. The van der Waals surface area contributed by atoms with Crippen LogP contribution in [0.5, 0.6) is 0 Å². The molecule has 0 atom stereocenters. The summed E-state index contributed by atoms with van der Waals surface area (Å²) in [6.07, 6.45) is -0.394. The molecule has 1 heterocycles. The molecule has 0 bridgehead atoms. The summed E-state index contributed by atoms with van der Waals surface area (Å²) < 4.78 is 39.2. The van der Waals surface area contributed by atoms with Crippen LogP contribution in [0.3, 0.4) is 0 Å². The minimum absolute atomic E-state index is 0.541. The van der Waals surface area contributed by atoms with Crippen LogP contribution in [-0.2, 0) is 19.0 Å². The van der Waals surface area contributed by atoms with Gasteiger partial charge in [-0.3, -0.25) is 0 Å². The van der Waals surface area contributed by atoms with Gasteiger partial charge in [0.15, 0.2) is 0 Å². The molecule has 1 aromatic heterocycles. The van der Waals surface area contributed by atoms with Crippen LogP contribution in [0.15, 0.2) is 24.3 Å². The number of nitrogen functional groups attached to an aromatic ring is 1. The van der Waals surface area contributed by atoms with Crippen molar-refractivity contribution in [2.75, 3.05) is 5.73 Å². The standard InChI is InChI=1S/C14H14F3N3/c15-14(16,17)9-5-7-10(8-6-9)20-13(18)11-3-1-2-4-12(11)19-20/h5-8H,1-4,18H2. The third-order valence-corrected chi connectivity index (χ3v) is 3.64. The Morgan fingerprint density at radius 2 is 1.70 bits per heavy atom. The number of anilines is 1. The fourth-order valence-corrected chi connectivity index (χ4v) is 2.57. The Morgan fingerprint density at radius 3 is 2.30 bits per heavy atom. The molecule has 0 spiro atoms. The predicted octanol–water partition coefficient (Wildman–Crippen LogP) is 3.35. The lowest BCUT2D eigenvalue weighted by molar-refractivity contribution is -0.137. The van der Waals surface area contributed by atoms with E-state index in [2.05, 4.69) is 5.10 Å². The summed E-state index contributed by atoms with van der Waals surface area (Å²) in [4.78, 5) is 0. The van der Waals surface area contributed by atoms with E-state index in [1.807, 2.05) is 0 Å². The van der Waals surface area contributed by atoms with Crippen LogP contribution in [0.25, 0.3) is 5.69 Å². The summed E-state index contributed by atoms with van der Waals surface area (Å²) >= 11 is 0. The van der Waals surface area contributed by atoms with E-state index >= 15 is 0 Å². The summed E-state index contributed by atoms with van der Waals surface area (Å²) in [5.41, 5.74) is 7.95. The second-order valence-corrected chi connectivity index (χ2v) is 4.97. The number of halogens is 3. The number of aryl methyl sites for hydroxylation is 1. The van der Waals surface area contributed by atoms with Gasteiger partial charge in [-0.1, -0.05) is 0 Å². The van der Waals surface area contributed by atoms with E-state index in [4.69, 9.17) is 5.73 Å². The van der Waals surface area contributed by atoms with E-state index in [-0.39, 0.29) is 0 Å². The molecule has 0 unspecified atom stereocenters. The van der Waals surface area contributed by atoms with Crippen molar-refractivity contribution in [1.82, 2.24) is 9.78 Å². The number of nitrogens with two attached hydrogens (primary N) is 1. The molecule has 20 heavy (non-hydrogen) atoms. The highest BCUT2D eigenvalue weighted by Crippen LogP contribution is 2.31. The van der Waals surface area contributed by atoms with Crippen LogP contribution in [0.4, 0.5) is 19.0 Å². The zero-order chi connectivity index (χ0) is 14.3. The molecule has 1 aromatic carbocycles. The first kappa shape index (κ1) is 13.0. The van der Waals surface area contributed by atoms with Gasteiger partial charge < -0.3 is 5.73 Å². The molecule has 2 aromatic rings. The minimum atomic E-state index is -4.33. The van der Waals surface area contributed by atoms with Crippen LogP contribution in [0.2, 0.25) is 0 Å². The van der Waals surface area contributed by atoms with E-state index in [1.54, 1.807) is 0 Å². The van der Waals surface area contributed by atoms with Crippen LogP contribution >= 0.6 is 0 Å². The number of rotatable bonds is 1. The van der Waals surface area contributed by atoms with Crippen LogP contribution in [-0.4, -0.2) is 9.78 Å². The molecule has 0 saturated carbocycles. The second kappa shape index (κ2) is 4.54. The summed E-state index contributed by atoms with van der Waals surface area (Å²) in [5, 5.41) is 4.42. The Labute approximate surface area is 114 Å². The van der Waals surface area contributed by atoms with E-state index < -0.39 is 11.7 Å². The number of alkyl halides is 3. The number of hydrogen-bond donors (Lipinski definition) is 1. The van der Waals surface area contributed by atoms with Crippen molar-refractivity contribution in [2.24, 2.45) is 0 Å². The van der Waals surface area contributed by atoms with Crippen molar-refractivity contribution < 1.29 is 13.2 Å². The monoisotopic (exact) mass is 281 g/mol. The molecule has 0 fully saturated rings. The lowest BCUT2D eigenvalue weighted by Crippen LogP contribution is -2.06. The normalized spacial score (nSPS) is 15.2. The molecule has 0 amide bonds. The molecule has 1 aliphatic carbocycles. The maximum atomic E-state index is 12.5. The van der Waals surface area contributed by atoms with Gasteiger partial charge in [0.05, 0.1) is 16.9 Å². The highest BCUT2D eigenvalue weighted by atomic mass is 19.4. The predicted molar refractivity (Wildman–Crippen MR) is 69.6 cm³/mol. The zero-order valence-electron chi connectivity index (χ0n) is 10.7. The lowest BCUT2D eigenvalue weighted by Gasteiger charge is -2.09. The third-order valence-electron chi connectivity index (χ3n) is 3.64. The van der Waals surface area contributed by atoms with Crippen LogP contribution in [0.1, 0.15) is 29.7 Å². The Hall–Kier alpha value is -1.98. The number of benzene rings is 1. The summed E-state index contributed by atoms with van der Waals surface area (Å²) in [6, 6.07) is 4.90. The first-order valence-electron chi connectivity index (χ1n) is 6.50. The third kappa shape index (κ3) is 2.15. The van der Waals surface area contributed by atoms with Gasteiger partial charge in [-0.2, -0.15) is 18.3 Å². The summed E-state index contributed by atoms with van der Waals surface area (Å²) in [7, 11) is 0. The number of fused-ring (bicyclic) bond motifs is 1. The largest absolute Gasteiger partial charge is 0.416 e. The SMILES string of the molecule is Nc1c2c(nn1-c1ccc(C(F)(F)F)cc1)CCCC2. The maximum Gasteiger partial charge on any atom is 0.416 e. The van der Waals surface area contributed by atoms with Gasteiger partial charge in [-0.15, -0.1) is 0 Å². The average Bonchev–Trinajstić information content (AvgIpc) is 2.76. The van der Waals surface area contributed by atoms with Crippen LogP contribution in [0, 0.1) is 0 Å². The zero-order valence-corrected chi connectivity index (χ0v) is 10.7. The van der Waals surface area contributed by atoms with Gasteiger partial charge in [0.25, 0.3) is 0 Å². The first-order valence-corrected chi connectivity index (χ1v) is 6.50. The van der Waals surface area contributed by atoms with Crippen molar-refractivity contribution in [3.05, 3.63) is 41.1 Å². The van der Waals surface area contributed by atoms with Crippen molar-refractivity contribution in [3.8, 4) is 5.69 Å². The van der Waals surface area contributed by atoms with Gasteiger partial charge >= 0.3 is 6.18 Å². The molecule has 6 heteroatoms. The Balaban J connectivity index is 1.99. The molecular formula is C14H14F3N3. The van der Waals surface area contributed by atoms with E-state index in [0.29, 0.717) is 11.5 Å². The Bertz CT molecular complexity index is 626. The highest BCUT2D eigenvalue weighted by molar-refractivity contribution is 5.51. The van der Waals surface area contributed by atoms with Gasteiger partial charge in [-0.25, -0.2) is 4.68 Å². The Kier molecular flexibility index (Phi) is 2.96. The van der Waals surface area contributed by atoms with E-state index in [0.717, 1.165) is 49.1 Å². The van der Waals surface area contributed by atoms with E-state index in [1.165, 1.54) is 16.8 Å². The van der Waals surface area contributed by atoms with Crippen molar-refractivity contribution in [3.63, 3.8) is 0 Å². The molecule has 3 nitrogen and oxygen atoms in total. The Morgan fingerprint density at radius 1 is 1.05 bits per heavy atom. The highest BCUT2D eigenvalue weighted by Gasteiger charge is 2.30. The lowest BCUT2D eigenvalue weighted by atomic mass is 9.98. The maximum absolute atomic E-state index is 12.5. The fraction of sp³-hybridized carbons (Fsp3) is 0.357. The molecule has 106 valence electrons. The topological polar surface area (TPSA) is 43.8 Å². The van der Waals surface area contributed by atoms with Crippen LogP contribution < -0.4 is 5.73 Å². The molecule has 0 saturated heterocycles. The summed E-state index contributed by atoms with van der Waals surface area (Å²) in [5.74, 6) is 0.541. The van der Waals surface area contributed by atoms with E-state index in [9.17, 15) is 13.2 Å². The summed E-state index contributed by atoms with van der Waals surface area (Å²) in [6.45, 7) is 0. The first-order chi connectivity index (χ1) is 9.47. The number of hydrogen-bond acceptors (Lipinski definition) is 2. The number of nitrogens with zero attached hydrogens (tertiary/aromatic N) is 2. The number of aromatic nitrogens is 2. The molecule has 1 aliphatic rings. The quantitative estimate of drug-likeness (QED) is 0.871. The van der Waals surface area contributed by atoms with Gasteiger partial charge in [0, 0.05) is 5.56 Å². The van der Waals surface area contributed by atoms with Gasteiger partial charge in [-0.05, 0) is 49.9 Å². The second-order valence-electron chi connectivity index (χ2n) is 4.97. The van der Waals surface area contributed by atoms with Crippen molar-refractivity contribution in [2.45, 2.75) is 31.9 Å². The molecule has 3 rings (SSSR count). The molecule has 0 aliphatic heterocycles. The van der Waals surface area contributed by atoms with Gasteiger partial charge in [0.2, 0.25) is 0 Å². The fourth-order valence-electron chi connectivity index (χ4n) is 2.57. The van der Waals surface area contributed by atoms with Gasteiger partial charge in [0.1, 0.15) is 5.82 Å². The molecular weight excluding hydrogens is 267 g/mol. The van der Waals surface area contributed by atoms with Crippen molar-refractivity contribution >= 4 is 5.82 Å². The average molecular weight is 281 g/mol. The van der Waals surface area contributed by atoms with Crippen molar-refractivity contribution in [1.29, 1.82) is 0 Å².